The number of nitrogens with zero attached hydrogens (tertiary/aromatic N) is 2. The number of anilines is 1. The molecule has 8 heteroatoms. The molecule has 0 aliphatic carbocycles. The summed E-state index contributed by atoms with van der Waals surface area (Å²) in [5, 5.41) is 0.499. The summed E-state index contributed by atoms with van der Waals surface area (Å²) in [6, 6.07) is 33.3. The van der Waals surface area contributed by atoms with Gasteiger partial charge in [-0.25, -0.2) is 4.99 Å². The van der Waals surface area contributed by atoms with Crippen LogP contribution in [0.4, 0.5) is 11.4 Å². The van der Waals surface area contributed by atoms with Gasteiger partial charge < -0.3 is 4.18 Å². The fraction of sp³-hybridized carbons (Fsp3) is 0. The zero-order valence-electron chi connectivity index (χ0n) is 18.9. The average molecular weight is 513 g/mol. The summed E-state index contributed by atoms with van der Waals surface area (Å²) >= 11 is 1.22. The summed E-state index contributed by atoms with van der Waals surface area (Å²) in [5.41, 5.74) is 1.86. The lowest BCUT2D eigenvalue weighted by Gasteiger charge is -2.15. The highest BCUT2D eigenvalue weighted by atomic mass is 32.2. The molecule has 0 aromatic heterocycles. The number of aliphatic imine (C=N–C) groups is 1. The van der Waals surface area contributed by atoms with Crippen LogP contribution in [0.1, 0.15) is 5.56 Å². The van der Waals surface area contributed by atoms with Crippen molar-refractivity contribution >= 4 is 50.4 Å². The minimum absolute atomic E-state index is 0.0475. The number of para-hydroxylation sites is 3. The first kappa shape index (κ1) is 23.6. The third-order valence-corrected chi connectivity index (χ3v) is 7.46. The molecule has 1 fully saturated rings. The van der Waals surface area contributed by atoms with E-state index in [4.69, 9.17) is 9.18 Å². The fourth-order valence-corrected chi connectivity index (χ4v) is 5.50. The van der Waals surface area contributed by atoms with Crippen LogP contribution in [0.3, 0.4) is 0 Å². The van der Waals surface area contributed by atoms with Gasteiger partial charge in [0.05, 0.1) is 16.3 Å². The van der Waals surface area contributed by atoms with Crippen molar-refractivity contribution in [1.82, 2.24) is 0 Å². The molecule has 1 amide bonds. The van der Waals surface area contributed by atoms with E-state index in [1.807, 2.05) is 60.7 Å². The molecule has 1 heterocycles. The Morgan fingerprint density at radius 2 is 1.33 bits per heavy atom. The van der Waals surface area contributed by atoms with Gasteiger partial charge in [0.2, 0.25) is 0 Å². The zero-order valence-corrected chi connectivity index (χ0v) is 20.5. The Kier molecular flexibility index (Phi) is 6.71. The van der Waals surface area contributed by atoms with E-state index in [2.05, 4.69) is 0 Å². The lowest BCUT2D eigenvalue weighted by Crippen LogP contribution is -2.28. The predicted octanol–water partition coefficient (Wildman–Crippen LogP) is 6.26. The molecular weight excluding hydrogens is 492 g/mol. The number of hydrogen-bond donors (Lipinski definition) is 0. The number of amidine groups is 1. The lowest BCUT2D eigenvalue weighted by atomic mass is 10.2. The third-order valence-electron chi connectivity index (χ3n) is 5.24. The first-order valence-electron chi connectivity index (χ1n) is 11.0. The number of hydrogen-bond acceptors (Lipinski definition) is 6. The lowest BCUT2D eigenvalue weighted by molar-refractivity contribution is -0.113. The van der Waals surface area contributed by atoms with E-state index in [-0.39, 0.29) is 16.6 Å². The summed E-state index contributed by atoms with van der Waals surface area (Å²) in [5.74, 6) is -0.136. The molecule has 0 atom stereocenters. The topological polar surface area (TPSA) is 76.0 Å². The summed E-state index contributed by atoms with van der Waals surface area (Å²) in [6.07, 6.45) is 1.63. The van der Waals surface area contributed by atoms with Crippen molar-refractivity contribution in [2.45, 2.75) is 4.90 Å². The van der Waals surface area contributed by atoms with Crippen molar-refractivity contribution in [2.24, 2.45) is 4.99 Å². The van der Waals surface area contributed by atoms with Crippen LogP contribution in [0.15, 0.2) is 130 Å². The first-order valence-corrected chi connectivity index (χ1v) is 13.3. The van der Waals surface area contributed by atoms with Crippen LogP contribution in [-0.4, -0.2) is 19.5 Å². The number of thioether (sulfide) groups is 1. The van der Waals surface area contributed by atoms with Crippen LogP contribution in [0, 0.1) is 0 Å². The molecule has 178 valence electrons. The molecule has 1 saturated heterocycles. The molecule has 5 rings (SSSR count). The Morgan fingerprint density at radius 3 is 2.03 bits per heavy atom. The Morgan fingerprint density at radius 1 is 0.750 bits per heavy atom. The monoisotopic (exact) mass is 512 g/mol. The van der Waals surface area contributed by atoms with Crippen LogP contribution in [0.5, 0.6) is 5.75 Å². The maximum atomic E-state index is 13.5. The van der Waals surface area contributed by atoms with Gasteiger partial charge in [-0.2, -0.15) is 8.42 Å². The van der Waals surface area contributed by atoms with Crippen molar-refractivity contribution in [1.29, 1.82) is 0 Å². The van der Waals surface area contributed by atoms with Crippen LogP contribution >= 0.6 is 11.8 Å². The largest absolute Gasteiger partial charge is 0.378 e. The van der Waals surface area contributed by atoms with E-state index in [9.17, 15) is 13.2 Å². The van der Waals surface area contributed by atoms with Crippen LogP contribution < -0.4 is 9.08 Å². The van der Waals surface area contributed by atoms with Gasteiger partial charge in [0.1, 0.15) is 10.6 Å². The second kappa shape index (κ2) is 10.2. The van der Waals surface area contributed by atoms with E-state index < -0.39 is 10.1 Å². The van der Waals surface area contributed by atoms with Gasteiger partial charge in [-0.3, -0.25) is 9.69 Å². The van der Waals surface area contributed by atoms with Crippen LogP contribution in [0.25, 0.3) is 6.08 Å². The Hall–Kier alpha value is -4.14. The normalized spacial score (nSPS) is 16.0. The average Bonchev–Trinajstić information content (AvgIpc) is 3.20. The zero-order chi connectivity index (χ0) is 25.0. The molecule has 1 aliphatic heterocycles. The predicted molar refractivity (Wildman–Crippen MR) is 144 cm³/mol. The van der Waals surface area contributed by atoms with E-state index >= 15 is 0 Å². The van der Waals surface area contributed by atoms with E-state index in [1.165, 1.54) is 23.9 Å². The highest BCUT2D eigenvalue weighted by Gasteiger charge is 2.35. The van der Waals surface area contributed by atoms with Crippen LogP contribution in [0.2, 0.25) is 0 Å². The summed E-state index contributed by atoms with van der Waals surface area (Å²) in [4.78, 5) is 20.2. The molecule has 4 aromatic carbocycles. The quantitative estimate of drug-likeness (QED) is 0.225. The van der Waals surface area contributed by atoms with Crippen molar-refractivity contribution in [2.75, 3.05) is 4.90 Å². The fourth-order valence-electron chi connectivity index (χ4n) is 3.54. The molecule has 1 aliphatic rings. The number of benzene rings is 4. The number of amides is 1. The molecule has 6 nitrogen and oxygen atoms in total. The molecular formula is C28H20N2O4S2. The SMILES string of the molecule is O=C1/C(=C\c2ccccc2OS(=O)(=O)c2ccccc2)SC(=Nc2ccccc2)N1c1ccccc1. The third kappa shape index (κ3) is 5.10. The van der Waals surface area contributed by atoms with Crippen molar-refractivity contribution in [3.8, 4) is 5.75 Å². The maximum absolute atomic E-state index is 13.5. The number of rotatable bonds is 6. The van der Waals surface area contributed by atoms with E-state index in [0.29, 0.717) is 27.0 Å². The highest BCUT2D eigenvalue weighted by Crippen LogP contribution is 2.38. The molecule has 0 saturated carbocycles. The molecule has 4 aromatic rings. The first-order chi connectivity index (χ1) is 17.5. The van der Waals surface area contributed by atoms with Gasteiger partial charge in [-0.1, -0.05) is 72.8 Å². The summed E-state index contributed by atoms with van der Waals surface area (Å²) in [7, 11) is -4.04. The molecule has 0 radical (unpaired) electrons. The Labute approximate surface area is 213 Å². The second-order valence-electron chi connectivity index (χ2n) is 7.71. The van der Waals surface area contributed by atoms with Crippen LogP contribution in [-0.2, 0) is 14.9 Å². The molecule has 0 bridgehead atoms. The summed E-state index contributed by atoms with van der Waals surface area (Å²) in [6.45, 7) is 0. The van der Waals surface area contributed by atoms with Crippen molar-refractivity contribution in [3.05, 3.63) is 126 Å². The van der Waals surface area contributed by atoms with Gasteiger partial charge >= 0.3 is 10.1 Å². The Balaban J connectivity index is 1.53. The summed E-state index contributed by atoms with van der Waals surface area (Å²) < 4.78 is 31.1. The van der Waals surface area contributed by atoms with Crippen molar-refractivity contribution in [3.63, 3.8) is 0 Å². The van der Waals surface area contributed by atoms with Gasteiger partial charge in [-0.15, -0.1) is 0 Å². The second-order valence-corrected chi connectivity index (χ2v) is 10.3. The van der Waals surface area contributed by atoms with Gasteiger partial charge in [0.15, 0.2) is 5.17 Å². The van der Waals surface area contributed by atoms with Gasteiger partial charge in [-0.05, 0) is 60.3 Å². The Bertz CT molecular complexity index is 1550. The van der Waals surface area contributed by atoms with Crippen molar-refractivity contribution < 1.29 is 17.4 Å². The number of carbonyl (C=O) groups is 1. The molecule has 0 N–H and O–H groups in total. The maximum Gasteiger partial charge on any atom is 0.339 e. The van der Waals surface area contributed by atoms with Gasteiger partial charge in [0, 0.05) is 5.56 Å². The molecule has 36 heavy (non-hydrogen) atoms. The smallest absolute Gasteiger partial charge is 0.339 e. The molecule has 0 unspecified atom stereocenters. The standard InChI is InChI=1S/C28H20N2O4S2/c31-27-26(20-21-12-10-11-19-25(21)34-36(32,33)24-17-8-3-9-18-24)35-28(29-22-13-4-1-5-14-22)30(27)23-15-6-2-7-16-23/h1-20H/b26-20+,29-28?. The molecule has 0 spiro atoms. The van der Waals surface area contributed by atoms with E-state index in [0.717, 1.165) is 0 Å². The minimum atomic E-state index is -4.04. The van der Waals surface area contributed by atoms with E-state index in [1.54, 1.807) is 53.4 Å². The number of carbonyl (C=O) groups excluding carboxylic acids is 1. The minimum Gasteiger partial charge on any atom is -0.378 e. The highest BCUT2D eigenvalue weighted by molar-refractivity contribution is 8.19. The van der Waals surface area contributed by atoms with Gasteiger partial charge in [0.25, 0.3) is 5.91 Å².